The Morgan fingerprint density at radius 1 is 0.680 bits per heavy atom. The zero-order chi connectivity index (χ0) is 16.7. The van der Waals surface area contributed by atoms with Crippen molar-refractivity contribution in [3.8, 4) is 11.5 Å². The standard InChI is InChI=1S/C19H26N2O2.2ClH/c1-14-12-16(6-8-18(14)20)22-10-4-3-5-11-23-17-7-9-19(21)15(2)13-17;;/h6-9,12-13H,3-5,10-11,20-21H2,1-2H3;2*1H. The molecule has 0 unspecified atom stereocenters. The molecule has 4 nitrogen and oxygen atoms in total. The second kappa shape index (κ2) is 11.7. The maximum atomic E-state index is 5.79. The average molecular weight is 387 g/mol. The largest absolute Gasteiger partial charge is 0.494 e. The number of anilines is 2. The molecule has 2 aromatic carbocycles. The first-order valence-corrected chi connectivity index (χ1v) is 8.04. The highest BCUT2D eigenvalue weighted by molar-refractivity contribution is 5.85. The van der Waals surface area contributed by atoms with Gasteiger partial charge in [0.05, 0.1) is 13.2 Å². The van der Waals surface area contributed by atoms with E-state index < -0.39 is 0 Å². The Kier molecular flexibility index (Phi) is 10.9. The predicted octanol–water partition coefficient (Wildman–Crippen LogP) is 4.94. The molecule has 0 atom stereocenters. The Hall–Kier alpha value is -1.78. The molecule has 0 saturated heterocycles. The van der Waals surface area contributed by atoms with E-state index in [4.69, 9.17) is 20.9 Å². The zero-order valence-corrected chi connectivity index (χ0v) is 16.4. The van der Waals surface area contributed by atoms with Gasteiger partial charge in [0, 0.05) is 11.4 Å². The molecule has 0 aliphatic rings. The third-order valence-electron chi connectivity index (χ3n) is 3.81. The summed E-state index contributed by atoms with van der Waals surface area (Å²) in [5, 5.41) is 0. The molecule has 2 aromatic rings. The van der Waals surface area contributed by atoms with Crippen molar-refractivity contribution < 1.29 is 9.47 Å². The van der Waals surface area contributed by atoms with Gasteiger partial charge in [-0.05, 0) is 80.6 Å². The lowest BCUT2D eigenvalue weighted by Crippen LogP contribution is -2.02. The van der Waals surface area contributed by atoms with Gasteiger partial charge in [0.2, 0.25) is 0 Å². The molecule has 25 heavy (non-hydrogen) atoms. The minimum absolute atomic E-state index is 0. The fourth-order valence-electron chi connectivity index (χ4n) is 2.24. The van der Waals surface area contributed by atoms with Crippen molar-refractivity contribution in [3.63, 3.8) is 0 Å². The van der Waals surface area contributed by atoms with Crippen LogP contribution in [0.5, 0.6) is 11.5 Å². The number of halogens is 2. The number of hydrogen-bond acceptors (Lipinski definition) is 4. The van der Waals surface area contributed by atoms with Gasteiger partial charge in [-0.2, -0.15) is 0 Å². The lowest BCUT2D eigenvalue weighted by molar-refractivity contribution is 0.279. The minimum Gasteiger partial charge on any atom is -0.494 e. The number of nitrogen functional groups attached to an aromatic ring is 2. The van der Waals surface area contributed by atoms with Crippen LogP contribution in [0.15, 0.2) is 36.4 Å². The molecule has 0 fully saturated rings. The van der Waals surface area contributed by atoms with Gasteiger partial charge in [-0.15, -0.1) is 24.8 Å². The average Bonchev–Trinajstić information content (AvgIpc) is 2.53. The number of unbranched alkanes of at least 4 members (excludes halogenated alkanes) is 2. The van der Waals surface area contributed by atoms with E-state index in [9.17, 15) is 0 Å². The van der Waals surface area contributed by atoms with Crippen LogP contribution in [0.2, 0.25) is 0 Å². The van der Waals surface area contributed by atoms with Crippen molar-refractivity contribution in [1.29, 1.82) is 0 Å². The molecule has 0 aromatic heterocycles. The summed E-state index contributed by atoms with van der Waals surface area (Å²) < 4.78 is 11.5. The molecule has 6 heteroatoms. The molecular formula is C19H28Cl2N2O2. The second-order valence-corrected chi connectivity index (χ2v) is 5.79. The maximum absolute atomic E-state index is 5.79. The summed E-state index contributed by atoms with van der Waals surface area (Å²) in [5.41, 5.74) is 15.3. The van der Waals surface area contributed by atoms with Crippen LogP contribution in [0.3, 0.4) is 0 Å². The van der Waals surface area contributed by atoms with Crippen molar-refractivity contribution in [2.24, 2.45) is 0 Å². The fraction of sp³-hybridized carbons (Fsp3) is 0.368. The third kappa shape index (κ3) is 7.76. The fourth-order valence-corrected chi connectivity index (χ4v) is 2.24. The molecular weight excluding hydrogens is 359 g/mol. The summed E-state index contributed by atoms with van der Waals surface area (Å²) in [5.74, 6) is 1.76. The van der Waals surface area contributed by atoms with Crippen LogP contribution >= 0.6 is 24.8 Å². The highest BCUT2D eigenvalue weighted by atomic mass is 35.5. The molecule has 0 aliphatic heterocycles. The highest BCUT2D eigenvalue weighted by Crippen LogP contribution is 2.20. The van der Waals surface area contributed by atoms with Crippen molar-refractivity contribution in [3.05, 3.63) is 47.5 Å². The van der Waals surface area contributed by atoms with Gasteiger partial charge in [-0.3, -0.25) is 0 Å². The maximum Gasteiger partial charge on any atom is 0.119 e. The van der Waals surface area contributed by atoms with E-state index in [2.05, 4.69) is 0 Å². The number of rotatable bonds is 8. The molecule has 0 radical (unpaired) electrons. The van der Waals surface area contributed by atoms with Crippen LogP contribution in [0.4, 0.5) is 11.4 Å². The van der Waals surface area contributed by atoms with Gasteiger partial charge in [0.15, 0.2) is 0 Å². The van der Waals surface area contributed by atoms with E-state index in [1.54, 1.807) is 0 Å². The van der Waals surface area contributed by atoms with E-state index in [1.807, 2.05) is 50.2 Å². The number of ether oxygens (including phenoxy) is 2. The van der Waals surface area contributed by atoms with Gasteiger partial charge >= 0.3 is 0 Å². The summed E-state index contributed by atoms with van der Waals surface area (Å²) in [6.45, 7) is 5.39. The summed E-state index contributed by atoms with van der Waals surface area (Å²) in [6.07, 6.45) is 3.09. The van der Waals surface area contributed by atoms with Crippen LogP contribution < -0.4 is 20.9 Å². The number of aryl methyl sites for hydroxylation is 2. The Labute approximate surface area is 162 Å². The van der Waals surface area contributed by atoms with Crippen molar-refractivity contribution in [2.75, 3.05) is 24.7 Å². The van der Waals surface area contributed by atoms with Crippen molar-refractivity contribution in [2.45, 2.75) is 33.1 Å². The second-order valence-electron chi connectivity index (χ2n) is 5.79. The molecule has 0 spiro atoms. The normalized spacial score (nSPS) is 9.68. The van der Waals surface area contributed by atoms with Crippen LogP contribution in [-0.4, -0.2) is 13.2 Å². The summed E-state index contributed by atoms with van der Waals surface area (Å²) in [4.78, 5) is 0. The smallest absolute Gasteiger partial charge is 0.119 e. The van der Waals surface area contributed by atoms with Gasteiger partial charge in [0.25, 0.3) is 0 Å². The summed E-state index contributed by atoms with van der Waals surface area (Å²) in [6, 6.07) is 11.5. The lowest BCUT2D eigenvalue weighted by Gasteiger charge is -2.09. The molecule has 0 bridgehead atoms. The van der Waals surface area contributed by atoms with Crippen LogP contribution in [0.25, 0.3) is 0 Å². The van der Waals surface area contributed by atoms with Crippen LogP contribution in [0, 0.1) is 13.8 Å². The molecule has 140 valence electrons. The van der Waals surface area contributed by atoms with Crippen LogP contribution in [0.1, 0.15) is 30.4 Å². The van der Waals surface area contributed by atoms with Gasteiger partial charge in [-0.1, -0.05) is 0 Å². The molecule has 2 rings (SSSR count). The van der Waals surface area contributed by atoms with E-state index in [0.29, 0.717) is 13.2 Å². The van der Waals surface area contributed by atoms with Gasteiger partial charge < -0.3 is 20.9 Å². The van der Waals surface area contributed by atoms with Crippen molar-refractivity contribution in [1.82, 2.24) is 0 Å². The van der Waals surface area contributed by atoms with E-state index in [0.717, 1.165) is 53.3 Å². The topological polar surface area (TPSA) is 70.5 Å². The Balaban J connectivity index is 0.00000288. The minimum atomic E-state index is 0. The Bertz CT molecular complexity index is 596. The van der Waals surface area contributed by atoms with Gasteiger partial charge in [0.1, 0.15) is 11.5 Å². The van der Waals surface area contributed by atoms with Gasteiger partial charge in [-0.25, -0.2) is 0 Å². The Morgan fingerprint density at radius 2 is 1.08 bits per heavy atom. The number of hydrogen-bond donors (Lipinski definition) is 2. The first kappa shape index (κ1) is 23.2. The molecule has 0 heterocycles. The van der Waals surface area contributed by atoms with E-state index >= 15 is 0 Å². The lowest BCUT2D eigenvalue weighted by atomic mass is 10.2. The number of nitrogens with two attached hydrogens (primary N) is 2. The quantitative estimate of drug-likeness (QED) is 0.497. The zero-order valence-electron chi connectivity index (χ0n) is 14.8. The summed E-state index contributed by atoms with van der Waals surface area (Å²) >= 11 is 0. The molecule has 0 amide bonds. The van der Waals surface area contributed by atoms with Crippen LogP contribution in [-0.2, 0) is 0 Å². The first-order valence-electron chi connectivity index (χ1n) is 8.04. The molecule has 0 aliphatic carbocycles. The Morgan fingerprint density at radius 3 is 1.44 bits per heavy atom. The monoisotopic (exact) mass is 386 g/mol. The molecule has 4 N–H and O–H groups in total. The highest BCUT2D eigenvalue weighted by Gasteiger charge is 1.99. The van der Waals surface area contributed by atoms with Crippen molar-refractivity contribution >= 4 is 36.2 Å². The third-order valence-corrected chi connectivity index (χ3v) is 3.81. The molecule has 0 saturated carbocycles. The SMILES string of the molecule is Cc1cc(OCCCCCOc2ccc(N)c(C)c2)ccc1N.Cl.Cl. The van der Waals surface area contributed by atoms with E-state index in [-0.39, 0.29) is 24.8 Å². The first-order chi connectivity index (χ1) is 11.1. The summed E-state index contributed by atoms with van der Waals surface area (Å²) in [7, 11) is 0. The van der Waals surface area contributed by atoms with E-state index in [1.165, 1.54) is 0 Å². The number of benzene rings is 2. The predicted molar refractivity (Wildman–Crippen MR) is 111 cm³/mol.